The van der Waals surface area contributed by atoms with Crippen LogP contribution in [0.5, 0.6) is 5.75 Å². The van der Waals surface area contributed by atoms with Gasteiger partial charge in [-0.3, -0.25) is 9.36 Å². The van der Waals surface area contributed by atoms with Crippen molar-refractivity contribution in [1.82, 2.24) is 4.57 Å². The number of hydrogen-bond donors (Lipinski definition) is 0. The molecular weight excluding hydrogens is 535 g/mol. The number of esters is 1. The van der Waals surface area contributed by atoms with E-state index in [-0.39, 0.29) is 17.7 Å². The number of thiazole rings is 1. The summed E-state index contributed by atoms with van der Waals surface area (Å²) in [5, 5.41) is 0. The normalized spacial score (nSPS) is 15.4. The average molecular weight is 557 g/mol. The van der Waals surface area contributed by atoms with Gasteiger partial charge in [-0.1, -0.05) is 42.2 Å². The van der Waals surface area contributed by atoms with Gasteiger partial charge in [0.2, 0.25) is 0 Å². The summed E-state index contributed by atoms with van der Waals surface area (Å²) in [6.45, 7) is 7.61. The van der Waals surface area contributed by atoms with Gasteiger partial charge in [-0.25, -0.2) is 14.2 Å². The first-order chi connectivity index (χ1) is 16.8. The maximum atomic E-state index is 13.6. The zero-order valence-corrected chi connectivity index (χ0v) is 21.5. The number of nitrogens with zero attached hydrogens (tertiary/aromatic N) is 2. The van der Waals surface area contributed by atoms with Gasteiger partial charge >= 0.3 is 5.97 Å². The number of hydrogen-bond acceptors (Lipinski definition) is 6. The van der Waals surface area contributed by atoms with E-state index in [1.165, 1.54) is 28.0 Å². The van der Waals surface area contributed by atoms with Gasteiger partial charge in [0.1, 0.15) is 18.2 Å². The molecule has 1 atom stereocenters. The lowest BCUT2D eigenvalue weighted by Gasteiger charge is -2.24. The van der Waals surface area contributed by atoms with Crippen LogP contribution in [0.3, 0.4) is 0 Å². The van der Waals surface area contributed by atoms with Crippen LogP contribution in [-0.4, -0.2) is 23.8 Å². The number of carbonyl (C=O) groups is 1. The molecule has 0 unspecified atom stereocenters. The third kappa shape index (κ3) is 5.06. The quantitative estimate of drug-likeness (QED) is 0.322. The Morgan fingerprint density at radius 1 is 1.29 bits per heavy atom. The second-order valence-electron chi connectivity index (χ2n) is 7.64. The molecule has 1 aliphatic rings. The molecule has 0 saturated carbocycles. The van der Waals surface area contributed by atoms with E-state index in [1.54, 1.807) is 44.2 Å². The van der Waals surface area contributed by atoms with Gasteiger partial charge in [-0.15, -0.1) is 0 Å². The van der Waals surface area contributed by atoms with Crippen molar-refractivity contribution in [3.05, 3.63) is 107 Å². The summed E-state index contributed by atoms with van der Waals surface area (Å²) < 4.78 is 27.2. The number of rotatable bonds is 7. The molecule has 0 saturated heterocycles. The van der Waals surface area contributed by atoms with Gasteiger partial charge in [0, 0.05) is 0 Å². The molecule has 180 valence electrons. The van der Waals surface area contributed by atoms with E-state index >= 15 is 0 Å². The number of ether oxygens (including phenoxy) is 2. The predicted octanol–water partition coefficient (Wildman–Crippen LogP) is 4.26. The van der Waals surface area contributed by atoms with Crippen molar-refractivity contribution >= 4 is 39.3 Å². The molecule has 0 radical (unpaired) electrons. The van der Waals surface area contributed by atoms with Crippen LogP contribution < -0.4 is 19.6 Å². The molecule has 1 aromatic heterocycles. The zero-order valence-electron chi connectivity index (χ0n) is 19.1. The topological polar surface area (TPSA) is 69.9 Å². The van der Waals surface area contributed by atoms with E-state index < -0.39 is 17.8 Å². The van der Waals surface area contributed by atoms with Crippen molar-refractivity contribution in [2.75, 3.05) is 13.2 Å². The molecule has 0 amide bonds. The van der Waals surface area contributed by atoms with Crippen molar-refractivity contribution in [1.29, 1.82) is 0 Å². The van der Waals surface area contributed by atoms with E-state index in [0.29, 0.717) is 33.0 Å². The lowest BCUT2D eigenvalue weighted by Crippen LogP contribution is -2.39. The number of aromatic nitrogens is 1. The maximum Gasteiger partial charge on any atom is 0.338 e. The summed E-state index contributed by atoms with van der Waals surface area (Å²) in [6.07, 6.45) is 3.42. The van der Waals surface area contributed by atoms with Gasteiger partial charge in [0.15, 0.2) is 4.80 Å². The van der Waals surface area contributed by atoms with Crippen LogP contribution in [0.1, 0.15) is 31.0 Å². The Kier molecular flexibility index (Phi) is 7.47. The molecule has 1 aliphatic heterocycles. The zero-order chi connectivity index (χ0) is 25.1. The Labute approximate surface area is 213 Å². The first kappa shape index (κ1) is 24.8. The highest BCUT2D eigenvalue weighted by Gasteiger charge is 2.33. The van der Waals surface area contributed by atoms with E-state index in [0.717, 1.165) is 10.0 Å². The summed E-state index contributed by atoms with van der Waals surface area (Å²) in [4.78, 5) is 31.4. The second kappa shape index (κ2) is 10.5. The van der Waals surface area contributed by atoms with Crippen LogP contribution >= 0.6 is 27.3 Å². The summed E-state index contributed by atoms with van der Waals surface area (Å²) in [7, 11) is 0. The highest BCUT2D eigenvalue weighted by atomic mass is 79.9. The van der Waals surface area contributed by atoms with E-state index in [1.807, 2.05) is 12.1 Å². The predicted molar refractivity (Wildman–Crippen MR) is 137 cm³/mol. The van der Waals surface area contributed by atoms with Gasteiger partial charge in [-0.05, 0) is 71.2 Å². The van der Waals surface area contributed by atoms with Crippen molar-refractivity contribution in [2.24, 2.45) is 4.99 Å². The summed E-state index contributed by atoms with van der Waals surface area (Å²) in [5.74, 6) is -0.309. The Hall–Kier alpha value is -3.30. The highest BCUT2D eigenvalue weighted by Crippen LogP contribution is 2.31. The van der Waals surface area contributed by atoms with Crippen molar-refractivity contribution in [3.63, 3.8) is 0 Å². The van der Waals surface area contributed by atoms with Gasteiger partial charge in [0.25, 0.3) is 5.56 Å². The Morgan fingerprint density at radius 3 is 2.69 bits per heavy atom. The highest BCUT2D eigenvalue weighted by molar-refractivity contribution is 9.10. The van der Waals surface area contributed by atoms with Gasteiger partial charge in [0.05, 0.1) is 32.9 Å². The molecule has 0 N–H and O–H groups in total. The second-order valence-corrected chi connectivity index (χ2v) is 9.51. The molecule has 0 fully saturated rings. The standard InChI is InChI=1S/C26H22BrFN2O4S/c1-4-12-34-20-11-6-16(13-19(20)27)14-21-24(31)30-23(17-7-9-18(28)10-8-17)22(25(32)33-5-2)15(3)29-26(30)35-21/h4,6-11,13-14,23H,1,5,12H2,2-3H3/b21-14-/t23-/m1/s1. The Balaban J connectivity index is 1.86. The molecule has 0 spiro atoms. The van der Waals surface area contributed by atoms with E-state index in [9.17, 15) is 14.0 Å². The Morgan fingerprint density at radius 2 is 2.03 bits per heavy atom. The van der Waals surface area contributed by atoms with Crippen LogP contribution in [0.4, 0.5) is 4.39 Å². The lowest BCUT2D eigenvalue weighted by molar-refractivity contribution is -0.139. The average Bonchev–Trinajstić information content (AvgIpc) is 3.12. The maximum absolute atomic E-state index is 13.6. The summed E-state index contributed by atoms with van der Waals surface area (Å²) in [5.41, 5.74) is 1.78. The van der Waals surface area contributed by atoms with Crippen LogP contribution in [0.2, 0.25) is 0 Å². The van der Waals surface area contributed by atoms with Gasteiger partial charge < -0.3 is 9.47 Å². The summed E-state index contributed by atoms with van der Waals surface area (Å²) in [6, 6.07) is 10.4. The molecule has 0 aliphatic carbocycles. The Bertz CT molecular complexity index is 1510. The third-order valence-electron chi connectivity index (χ3n) is 5.31. The number of carbonyl (C=O) groups excluding carboxylic acids is 1. The van der Waals surface area contributed by atoms with Crippen LogP contribution in [0, 0.1) is 5.82 Å². The first-order valence-corrected chi connectivity index (χ1v) is 12.4. The molecule has 0 bridgehead atoms. The van der Waals surface area contributed by atoms with Crippen molar-refractivity contribution < 1.29 is 18.7 Å². The number of allylic oxidation sites excluding steroid dienone is 1. The molecule has 4 rings (SSSR count). The molecular formula is C26H22BrFN2O4S. The molecule has 6 nitrogen and oxygen atoms in total. The lowest BCUT2D eigenvalue weighted by atomic mass is 9.96. The van der Waals surface area contributed by atoms with Crippen LogP contribution in [0.25, 0.3) is 6.08 Å². The van der Waals surface area contributed by atoms with Gasteiger partial charge in [-0.2, -0.15) is 0 Å². The third-order valence-corrected chi connectivity index (χ3v) is 6.92. The minimum Gasteiger partial charge on any atom is -0.488 e. The minimum absolute atomic E-state index is 0.178. The molecule has 2 heterocycles. The number of fused-ring (bicyclic) bond motifs is 1. The van der Waals surface area contributed by atoms with E-state index in [4.69, 9.17) is 9.47 Å². The van der Waals surface area contributed by atoms with Crippen molar-refractivity contribution in [3.8, 4) is 5.75 Å². The smallest absolute Gasteiger partial charge is 0.338 e. The molecule has 2 aromatic carbocycles. The number of benzene rings is 2. The largest absolute Gasteiger partial charge is 0.488 e. The fourth-order valence-corrected chi connectivity index (χ4v) is 5.33. The molecule has 35 heavy (non-hydrogen) atoms. The number of halogens is 2. The fraction of sp³-hybridized carbons (Fsp3) is 0.192. The molecule has 3 aromatic rings. The van der Waals surface area contributed by atoms with Crippen LogP contribution in [-0.2, 0) is 9.53 Å². The SMILES string of the molecule is C=CCOc1ccc(/C=c2\sc3n(c2=O)[C@H](c2ccc(F)cc2)C(C(=O)OCC)=C(C)N=3)cc1Br. The minimum atomic E-state index is -0.783. The van der Waals surface area contributed by atoms with Crippen molar-refractivity contribution in [2.45, 2.75) is 19.9 Å². The van der Waals surface area contributed by atoms with E-state index in [2.05, 4.69) is 27.5 Å². The van der Waals surface area contributed by atoms with Crippen LogP contribution in [0.15, 0.2) is 80.6 Å². The molecule has 9 heteroatoms. The first-order valence-electron chi connectivity index (χ1n) is 10.8. The monoisotopic (exact) mass is 556 g/mol. The summed E-state index contributed by atoms with van der Waals surface area (Å²) >= 11 is 4.71. The fourth-order valence-electron chi connectivity index (χ4n) is 3.78.